The second-order valence-corrected chi connectivity index (χ2v) is 15.8. The zero-order valence-corrected chi connectivity index (χ0v) is 32.6. The molecule has 0 atom stereocenters. The maximum Gasteiger partial charge on any atom is 0.343 e. The van der Waals surface area contributed by atoms with Crippen LogP contribution in [-0.4, -0.2) is 72.0 Å². The van der Waals surface area contributed by atoms with Gasteiger partial charge in [-0.15, -0.1) is 0 Å². The van der Waals surface area contributed by atoms with Crippen LogP contribution in [0.5, 0.6) is 23.0 Å². The van der Waals surface area contributed by atoms with Crippen LogP contribution in [0.15, 0.2) is 72.8 Å². The van der Waals surface area contributed by atoms with E-state index in [-0.39, 0.29) is 28.7 Å². The number of fused-ring (bicyclic) bond motifs is 3. The number of rotatable bonds is 22. The number of hydrogen-bond donors (Lipinski definition) is 0. The van der Waals surface area contributed by atoms with E-state index < -0.39 is 17.6 Å². The molecule has 3 aliphatic rings. The summed E-state index contributed by atoms with van der Waals surface area (Å²) in [4.78, 5) is 23.9. The molecule has 0 N–H and O–H groups in total. The molecule has 2 saturated heterocycles. The lowest BCUT2D eigenvalue weighted by molar-refractivity contribution is -0.218. The second kappa shape index (κ2) is 18.8. The summed E-state index contributed by atoms with van der Waals surface area (Å²) in [5.41, 5.74) is 4.66. The van der Waals surface area contributed by atoms with Gasteiger partial charge >= 0.3 is 5.97 Å². The molecule has 1 aliphatic carbocycles. The highest BCUT2D eigenvalue weighted by atomic mass is 19.1. The first-order valence-corrected chi connectivity index (χ1v) is 19.6. The van der Waals surface area contributed by atoms with Crippen molar-refractivity contribution < 1.29 is 56.5 Å². The van der Waals surface area contributed by atoms with E-state index in [0.717, 1.165) is 74.0 Å². The van der Waals surface area contributed by atoms with E-state index in [0.29, 0.717) is 75.3 Å². The van der Waals surface area contributed by atoms with Gasteiger partial charge in [-0.05, 0) is 109 Å². The van der Waals surface area contributed by atoms with Crippen LogP contribution < -0.4 is 19.1 Å². The molecule has 0 aromatic heterocycles. The van der Waals surface area contributed by atoms with Gasteiger partial charge in [-0.25, -0.2) is 13.6 Å². The molecule has 0 bridgehead atoms. The molecule has 2 heterocycles. The maximum absolute atomic E-state index is 14.8. The first-order chi connectivity index (χ1) is 27.7. The van der Waals surface area contributed by atoms with Crippen molar-refractivity contribution in [3.8, 4) is 34.1 Å². The third kappa shape index (κ3) is 10.9. The van der Waals surface area contributed by atoms with Crippen molar-refractivity contribution in [3.63, 3.8) is 0 Å². The Labute approximate surface area is 332 Å². The average molecular weight is 789 g/mol. The third-order valence-corrected chi connectivity index (χ3v) is 10.2. The quantitative estimate of drug-likeness (QED) is 0.0223. The fourth-order valence-electron chi connectivity index (χ4n) is 6.77. The minimum atomic E-state index is -0.674. The molecular weight excluding hydrogens is 738 g/mol. The van der Waals surface area contributed by atoms with Gasteiger partial charge in [-0.3, -0.25) is 0 Å². The standard InChI is InChI=1S/C45H50F2O10/c1-44(27-51-28-44)25-49-15-3-5-17-53-35-9-7-32(40(46)23-35)24-55-57-37-11-13-39-34(21-37)19-33-20-36(10-12-38(33)39)56-43(48)31-8-14-42(41(47)22-31)54-18-6-4-16-50-26-45(2)29-52-30-45/h7-14,20-23H,3-6,15-19,24-30H2,1-2H3. The van der Waals surface area contributed by atoms with Crippen molar-refractivity contribution in [1.29, 1.82) is 0 Å². The molecule has 0 spiro atoms. The van der Waals surface area contributed by atoms with Crippen LogP contribution in [0.4, 0.5) is 8.78 Å². The Bertz CT molecular complexity index is 1990. The number of esters is 1. The zero-order valence-electron chi connectivity index (χ0n) is 32.6. The van der Waals surface area contributed by atoms with E-state index in [1.54, 1.807) is 30.3 Å². The molecule has 4 aromatic rings. The monoisotopic (exact) mass is 788 g/mol. The van der Waals surface area contributed by atoms with Crippen LogP contribution in [0.2, 0.25) is 0 Å². The average Bonchev–Trinajstić information content (AvgIpc) is 3.54. The van der Waals surface area contributed by atoms with Gasteiger partial charge in [0, 0.05) is 35.7 Å². The Kier molecular flexibility index (Phi) is 13.4. The first kappa shape index (κ1) is 40.6. The van der Waals surface area contributed by atoms with Crippen LogP contribution in [-0.2, 0) is 36.9 Å². The number of carbonyl (C=O) groups is 1. The normalized spacial score (nSPS) is 15.9. The number of carbonyl (C=O) groups excluding carboxylic acids is 1. The second-order valence-electron chi connectivity index (χ2n) is 15.8. The highest BCUT2D eigenvalue weighted by Crippen LogP contribution is 2.40. The maximum atomic E-state index is 14.8. The van der Waals surface area contributed by atoms with Crippen molar-refractivity contribution in [1.82, 2.24) is 0 Å². The lowest BCUT2D eigenvalue weighted by Gasteiger charge is -2.37. The predicted octanol–water partition coefficient (Wildman–Crippen LogP) is 8.69. The van der Waals surface area contributed by atoms with Gasteiger partial charge < -0.3 is 38.0 Å². The van der Waals surface area contributed by atoms with Crippen LogP contribution in [0, 0.1) is 22.5 Å². The summed E-state index contributed by atoms with van der Waals surface area (Å²) >= 11 is 0. The van der Waals surface area contributed by atoms with Gasteiger partial charge in [0.15, 0.2) is 17.3 Å². The molecule has 10 nitrogen and oxygen atoms in total. The van der Waals surface area contributed by atoms with Crippen molar-refractivity contribution in [3.05, 3.63) is 107 Å². The van der Waals surface area contributed by atoms with Crippen LogP contribution >= 0.6 is 0 Å². The Morgan fingerprint density at radius 1 is 0.649 bits per heavy atom. The zero-order chi connectivity index (χ0) is 39.7. The van der Waals surface area contributed by atoms with Gasteiger partial charge in [0.25, 0.3) is 0 Å². The van der Waals surface area contributed by atoms with Crippen molar-refractivity contribution in [2.45, 2.75) is 52.6 Å². The predicted molar refractivity (Wildman–Crippen MR) is 207 cm³/mol. The number of benzene rings is 4. The highest BCUT2D eigenvalue weighted by Gasteiger charge is 2.34. The molecule has 0 saturated carbocycles. The van der Waals surface area contributed by atoms with E-state index in [1.807, 2.05) is 18.2 Å². The van der Waals surface area contributed by atoms with E-state index >= 15 is 0 Å². The Balaban J connectivity index is 0.811. The first-order valence-electron chi connectivity index (χ1n) is 19.6. The van der Waals surface area contributed by atoms with Gasteiger partial charge in [0.1, 0.15) is 23.9 Å². The molecular formula is C45H50F2O10. The molecule has 12 heteroatoms. The highest BCUT2D eigenvalue weighted by molar-refractivity contribution is 5.91. The smallest absolute Gasteiger partial charge is 0.343 e. The molecule has 57 heavy (non-hydrogen) atoms. The SMILES string of the molecule is CC1(COCCCCOc2ccc(COOc3ccc4c(c3)Cc3cc(OC(=O)c5ccc(OCCCCOCC6(C)COC6)c(F)c5)ccc3-4)c(F)c2)COC1. The van der Waals surface area contributed by atoms with E-state index in [2.05, 4.69) is 13.8 Å². The lowest BCUT2D eigenvalue weighted by atomic mass is 9.90. The van der Waals surface area contributed by atoms with Crippen LogP contribution in [0.25, 0.3) is 11.1 Å². The number of halogens is 2. The molecule has 2 fully saturated rings. The summed E-state index contributed by atoms with van der Waals surface area (Å²) in [6, 6.07) is 19.7. The van der Waals surface area contributed by atoms with Gasteiger partial charge in [0.05, 0.1) is 58.4 Å². The Hall–Kier alpha value is -4.59. The van der Waals surface area contributed by atoms with Gasteiger partial charge in [0.2, 0.25) is 0 Å². The third-order valence-electron chi connectivity index (χ3n) is 10.2. The fraction of sp³-hybridized carbons (Fsp3) is 0.444. The molecule has 0 amide bonds. The minimum absolute atomic E-state index is 0.0779. The van der Waals surface area contributed by atoms with E-state index in [1.165, 1.54) is 18.2 Å². The van der Waals surface area contributed by atoms with Crippen LogP contribution in [0.1, 0.15) is 66.6 Å². The van der Waals surface area contributed by atoms with E-state index in [9.17, 15) is 13.6 Å². The Morgan fingerprint density at radius 3 is 1.86 bits per heavy atom. The Morgan fingerprint density at radius 2 is 1.25 bits per heavy atom. The van der Waals surface area contributed by atoms with Gasteiger partial charge in [-0.2, -0.15) is 4.89 Å². The summed E-state index contributed by atoms with van der Waals surface area (Å²) in [6.07, 6.45) is 3.74. The summed E-state index contributed by atoms with van der Waals surface area (Å²) in [7, 11) is 0. The summed E-state index contributed by atoms with van der Waals surface area (Å²) in [5.74, 6) is -0.395. The summed E-state index contributed by atoms with van der Waals surface area (Å²) in [6.45, 7) is 10.6. The molecule has 4 aromatic carbocycles. The number of hydrogen-bond acceptors (Lipinski definition) is 10. The van der Waals surface area contributed by atoms with Crippen molar-refractivity contribution in [2.24, 2.45) is 10.8 Å². The van der Waals surface area contributed by atoms with E-state index in [4.69, 9.17) is 42.9 Å². The number of ether oxygens (including phenoxy) is 7. The largest absolute Gasteiger partial charge is 0.493 e. The molecule has 7 rings (SSSR count). The van der Waals surface area contributed by atoms with Gasteiger partial charge in [-0.1, -0.05) is 26.0 Å². The lowest BCUT2D eigenvalue weighted by Crippen LogP contribution is -2.43. The summed E-state index contributed by atoms with van der Waals surface area (Å²) < 4.78 is 68.5. The molecule has 0 radical (unpaired) electrons. The molecule has 304 valence electrons. The topological polar surface area (TPSA) is 100 Å². The summed E-state index contributed by atoms with van der Waals surface area (Å²) in [5, 5.41) is 0. The van der Waals surface area contributed by atoms with Crippen LogP contribution in [0.3, 0.4) is 0 Å². The molecule has 0 unspecified atom stereocenters. The van der Waals surface area contributed by atoms with Crippen molar-refractivity contribution >= 4 is 5.97 Å². The minimum Gasteiger partial charge on any atom is -0.493 e. The van der Waals surface area contributed by atoms with Crippen molar-refractivity contribution in [2.75, 3.05) is 66.1 Å². The number of unbranched alkanes of at least 4 members (excludes halogenated alkanes) is 2. The fourth-order valence-corrected chi connectivity index (χ4v) is 6.77. The molecule has 2 aliphatic heterocycles.